The molecule has 0 aliphatic rings. The maximum absolute atomic E-state index is 10.8. The molecule has 1 atom stereocenters. The molecule has 0 bridgehead atoms. The standard InChI is InChI=1S/C12H15BrO2S/c1-3-8(2)16-7-10-5-4-9(12(14)15)6-11(10)13/h4-6,8H,3,7H2,1-2H3,(H,14,15). The molecular formula is C12H15BrO2S. The van der Waals surface area contributed by atoms with Crippen molar-refractivity contribution in [3.63, 3.8) is 0 Å². The van der Waals surface area contributed by atoms with Gasteiger partial charge in [0.1, 0.15) is 0 Å². The van der Waals surface area contributed by atoms with Gasteiger partial charge >= 0.3 is 5.97 Å². The van der Waals surface area contributed by atoms with E-state index in [1.165, 1.54) is 0 Å². The lowest BCUT2D eigenvalue weighted by Gasteiger charge is -2.09. The van der Waals surface area contributed by atoms with Crippen molar-refractivity contribution in [2.45, 2.75) is 31.3 Å². The normalized spacial score (nSPS) is 12.4. The van der Waals surface area contributed by atoms with E-state index in [2.05, 4.69) is 29.8 Å². The van der Waals surface area contributed by atoms with Crippen LogP contribution in [0.1, 0.15) is 36.2 Å². The van der Waals surface area contributed by atoms with Crippen molar-refractivity contribution in [3.05, 3.63) is 33.8 Å². The van der Waals surface area contributed by atoms with E-state index >= 15 is 0 Å². The number of hydrogen-bond acceptors (Lipinski definition) is 2. The minimum atomic E-state index is -0.887. The lowest BCUT2D eigenvalue weighted by molar-refractivity contribution is 0.0697. The maximum Gasteiger partial charge on any atom is 0.335 e. The third-order valence-corrected chi connectivity index (χ3v) is 4.52. The van der Waals surface area contributed by atoms with Gasteiger partial charge in [0, 0.05) is 15.5 Å². The Balaban J connectivity index is 2.72. The molecule has 0 aromatic heterocycles. The molecule has 1 rings (SSSR count). The molecule has 0 amide bonds. The van der Waals surface area contributed by atoms with Crippen LogP contribution in [-0.2, 0) is 5.75 Å². The van der Waals surface area contributed by atoms with Crippen LogP contribution >= 0.6 is 27.7 Å². The number of thioether (sulfide) groups is 1. The lowest BCUT2D eigenvalue weighted by atomic mass is 10.1. The zero-order valence-electron chi connectivity index (χ0n) is 9.37. The van der Waals surface area contributed by atoms with Crippen LogP contribution in [0.3, 0.4) is 0 Å². The highest BCUT2D eigenvalue weighted by atomic mass is 79.9. The minimum Gasteiger partial charge on any atom is -0.478 e. The Bertz CT molecular complexity index is 379. The first-order valence-electron chi connectivity index (χ1n) is 5.18. The Morgan fingerprint density at radius 1 is 1.56 bits per heavy atom. The molecular weight excluding hydrogens is 288 g/mol. The molecule has 16 heavy (non-hydrogen) atoms. The van der Waals surface area contributed by atoms with E-state index in [0.717, 1.165) is 22.2 Å². The highest BCUT2D eigenvalue weighted by molar-refractivity contribution is 9.10. The second-order valence-corrected chi connectivity index (χ2v) is 5.92. The van der Waals surface area contributed by atoms with E-state index in [9.17, 15) is 4.79 Å². The zero-order chi connectivity index (χ0) is 12.1. The summed E-state index contributed by atoms with van der Waals surface area (Å²) in [6, 6.07) is 5.19. The monoisotopic (exact) mass is 302 g/mol. The first-order chi connectivity index (χ1) is 7.54. The summed E-state index contributed by atoms with van der Waals surface area (Å²) in [6.07, 6.45) is 1.15. The molecule has 0 fully saturated rings. The van der Waals surface area contributed by atoms with Gasteiger partial charge in [0.05, 0.1) is 5.56 Å². The van der Waals surface area contributed by atoms with Gasteiger partial charge < -0.3 is 5.11 Å². The van der Waals surface area contributed by atoms with Crippen molar-refractivity contribution in [2.75, 3.05) is 0 Å². The lowest BCUT2D eigenvalue weighted by Crippen LogP contribution is -1.98. The summed E-state index contributed by atoms with van der Waals surface area (Å²) in [5.41, 5.74) is 1.47. The Hall–Kier alpha value is -0.480. The Kier molecular flexibility index (Phi) is 5.35. The van der Waals surface area contributed by atoms with Crippen LogP contribution in [0.25, 0.3) is 0 Å². The van der Waals surface area contributed by atoms with Crippen molar-refractivity contribution < 1.29 is 9.90 Å². The van der Waals surface area contributed by atoms with Gasteiger partial charge in [0.2, 0.25) is 0 Å². The van der Waals surface area contributed by atoms with Gasteiger partial charge in [-0.05, 0) is 24.1 Å². The molecule has 0 saturated heterocycles. The van der Waals surface area contributed by atoms with E-state index in [1.807, 2.05) is 17.8 Å². The Morgan fingerprint density at radius 3 is 2.75 bits per heavy atom. The Morgan fingerprint density at radius 2 is 2.25 bits per heavy atom. The smallest absolute Gasteiger partial charge is 0.335 e. The molecule has 1 unspecified atom stereocenters. The van der Waals surface area contributed by atoms with Gasteiger partial charge in [-0.2, -0.15) is 11.8 Å². The summed E-state index contributed by atoms with van der Waals surface area (Å²) in [4.78, 5) is 10.8. The van der Waals surface area contributed by atoms with E-state index in [0.29, 0.717) is 10.8 Å². The molecule has 1 aromatic carbocycles. The molecule has 2 nitrogen and oxygen atoms in total. The van der Waals surface area contributed by atoms with Crippen molar-refractivity contribution in [1.29, 1.82) is 0 Å². The van der Waals surface area contributed by atoms with Crippen molar-refractivity contribution >= 4 is 33.7 Å². The zero-order valence-corrected chi connectivity index (χ0v) is 11.8. The van der Waals surface area contributed by atoms with Crippen LogP contribution in [0.2, 0.25) is 0 Å². The molecule has 1 aromatic rings. The number of carboxylic acid groups (broad SMARTS) is 1. The number of hydrogen-bond donors (Lipinski definition) is 1. The highest BCUT2D eigenvalue weighted by Gasteiger charge is 2.07. The molecule has 88 valence electrons. The fourth-order valence-corrected chi connectivity index (χ4v) is 2.80. The van der Waals surface area contributed by atoms with Gasteiger partial charge in [0.15, 0.2) is 0 Å². The van der Waals surface area contributed by atoms with E-state index in [4.69, 9.17) is 5.11 Å². The van der Waals surface area contributed by atoms with Crippen molar-refractivity contribution in [3.8, 4) is 0 Å². The predicted molar refractivity (Wildman–Crippen MR) is 72.1 cm³/mol. The average Bonchev–Trinajstić information content (AvgIpc) is 2.26. The quantitative estimate of drug-likeness (QED) is 0.886. The van der Waals surface area contributed by atoms with Crippen LogP contribution in [-0.4, -0.2) is 16.3 Å². The summed E-state index contributed by atoms with van der Waals surface area (Å²) in [6.45, 7) is 4.37. The largest absolute Gasteiger partial charge is 0.478 e. The van der Waals surface area contributed by atoms with Crippen LogP contribution in [0.4, 0.5) is 0 Å². The van der Waals surface area contributed by atoms with Gasteiger partial charge in [-0.3, -0.25) is 0 Å². The second kappa shape index (κ2) is 6.30. The van der Waals surface area contributed by atoms with Crippen LogP contribution in [0, 0.1) is 0 Å². The van der Waals surface area contributed by atoms with Crippen LogP contribution in [0.5, 0.6) is 0 Å². The third-order valence-electron chi connectivity index (χ3n) is 2.40. The number of carboxylic acids is 1. The first kappa shape index (κ1) is 13.6. The van der Waals surface area contributed by atoms with Crippen LogP contribution in [0.15, 0.2) is 22.7 Å². The molecule has 4 heteroatoms. The second-order valence-electron chi connectivity index (χ2n) is 3.64. The van der Waals surface area contributed by atoms with Gasteiger partial charge in [-0.25, -0.2) is 4.79 Å². The SMILES string of the molecule is CCC(C)SCc1ccc(C(=O)O)cc1Br. The topological polar surface area (TPSA) is 37.3 Å². The van der Waals surface area contributed by atoms with Gasteiger partial charge in [-0.1, -0.05) is 35.8 Å². The molecule has 1 N–H and O–H groups in total. The first-order valence-corrected chi connectivity index (χ1v) is 7.02. The van der Waals surface area contributed by atoms with Crippen LogP contribution < -0.4 is 0 Å². The Labute approximate surface area is 109 Å². The summed E-state index contributed by atoms with van der Waals surface area (Å²) in [5, 5.41) is 9.46. The molecule has 0 saturated carbocycles. The van der Waals surface area contributed by atoms with E-state index in [1.54, 1.807) is 12.1 Å². The van der Waals surface area contributed by atoms with E-state index < -0.39 is 5.97 Å². The summed E-state index contributed by atoms with van der Waals surface area (Å²) in [7, 11) is 0. The number of aromatic carboxylic acids is 1. The van der Waals surface area contributed by atoms with Crippen molar-refractivity contribution in [2.24, 2.45) is 0 Å². The fraction of sp³-hybridized carbons (Fsp3) is 0.417. The summed E-state index contributed by atoms with van der Waals surface area (Å²) >= 11 is 5.29. The molecule has 0 heterocycles. The molecule has 0 spiro atoms. The van der Waals surface area contributed by atoms with Gasteiger partial charge in [0.25, 0.3) is 0 Å². The summed E-state index contributed by atoms with van der Waals surface area (Å²) < 4.78 is 0.878. The average molecular weight is 303 g/mol. The number of rotatable bonds is 5. The molecule has 0 radical (unpaired) electrons. The third kappa shape index (κ3) is 3.83. The van der Waals surface area contributed by atoms with Gasteiger partial charge in [-0.15, -0.1) is 0 Å². The van der Waals surface area contributed by atoms with E-state index in [-0.39, 0.29) is 0 Å². The number of carbonyl (C=O) groups is 1. The predicted octanol–water partition coefficient (Wildman–Crippen LogP) is 4.18. The maximum atomic E-state index is 10.8. The summed E-state index contributed by atoms with van der Waals surface area (Å²) in [5.74, 6) is 0.0250. The minimum absolute atomic E-state index is 0.323. The van der Waals surface area contributed by atoms with Crippen molar-refractivity contribution in [1.82, 2.24) is 0 Å². The number of halogens is 1. The molecule has 0 aliphatic carbocycles. The highest BCUT2D eigenvalue weighted by Crippen LogP contribution is 2.26. The molecule has 0 aliphatic heterocycles. The number of benzene rings is 1. The fourth-order valence-electron chi connectivity index (χ4n) is 1.15.